The molecule has 94 valence electrons. The van der Waals surface area contributed by atoms with Crippen molar-refractivity contribution in [3.8, 4) is 0 Å². The summed E-state index contributed by atoms with van der Waals surface area (Å²) < 4.78 is 0. The molecule has 1 aromatic carbocycles. The Bertz CT molecular complexity index is 365. The molecule has 3 N–H and O–H groups in total. The average Bonchev–Trinajstić information content (AvgIpc) is 2.29. The Hall–Kier alpha value is -1.55. The molecule has 1 atom stereocenters. The predicted molar refractivity (Wildman–Crippen MR) is 67.7 cm³/mol. The minimum Gasteiger partial charge on any atom is -0.394 e. The van der Waals surface area contributed by atoms with E-state index < -0.39 is 5.54 Å². The van der Waals surface area contributed by atoms with Crippen LogP contribution in [0.2, 0.25) is 0 Å². The molecule has 0 aromatic heterocycles. The van der Waals surface area contributed by atoms with Crippen LogP contribution in [0.15, 0.2) is 30.3 Å². The summed E-state index contributed by atoms with van der Waals surface area (Å²) in [7, 11) is 0. The number of rotatable bonds is 4. The van der Waals surface area contributed by atoms with Crippen LogP contribution in [-0.4, -0.2) is 23.8 Å². The molecule has 0 fully saturated rings. The zero-order valence-electron chi connectivity index (χ0n) is 10.5. The van der Waals surface area contributed by atoms with Crippen LogP contribution in [0.3, 0.4) is 0 Å². The van der Waals surface area contributed by atoms with Crippen LogP contribution >= 0.6 is 0 Å². The number of amides is 2. The van der Waals surface area contributed by atoms with E-state index in [-0.39, 0.29) is 18.7 Å². The highest BCUT2D eigenvalue weighted by Crippen LogP contribution is 2.19. The molecule has 0 saturated carbocycles. The third-order valence-corrected chi connectivity index (χ3v) is 2.54. The first-order valence-corrected chi connectivity index (χ1v) is 5.73. The Kier molecular flexibility index (Phi) is 4.52. The van der Waals surface area contributed by atoms with Crippen molar-refractivity contribution in [2.75, 3.05) is 6.61 Å². The number of benzene rings is 1. The highest BCUT2D eigenvalue weighted by Gasteiger charge is 2.27. The number of aliphatic hydroxyl groups excluding tert-OH is 1. The monoisotopic (exact) mass is 236 g/mol. The Labute approximate surface area is 102 Å². The van der Waals surface area contributed by atoms with Crippen molar-refractivity contribution in [3.05, 3.63) is 35.9 Å². The fraction of sp³-hybridized carbons (Fsp3) is 0.462. The van der Waals surface area contributed by atoms with Crippen molar-refractivity contribution in [3.63, 3.8) is 0 Å². The molecule has 17 heavy (non-hydrogen) atoms. The van der Waals surface area contributed by atoms with E-state index in [1.165, 1.54) is 0 Å². The molecule has 0 heterocycles. The number of urea groups is 1. The van der Waals surface area contributed by atoms with Gasteiger partial charge in [0.05, 0.1) is 12.1 Å². The minimum atomic E-state index is -0.764. The van der Waals surface area contributed by atoms with Crippen LogP contribution in [0, 0.1) is 0 Å². The fourth-order valence-electron chi connectivity index (χ4n) is 1.56. The third-order valence-electron chi connectivity index (χ3n) is 2.54. The first-order chi connectivity index (χ1) is 7.98. The summed E-state index contributed by atoms with van der Waals surface area (Å²) in [6.45, 7) is 5.42. The van der Waals surface area contributed by atoms with E-state index in [2.05, 4.69) is 10.6 Å². The van der Waals surface area contributed by atoms with E-state index in [1.807, 2.05) is 44.2 Å². The second-order valence-corrected chi connectivity index (χ2v) is 4.61. The maximum absolute atomic E-state index is 11.7. The van der Waals surface area contributed by atoms with Gasteiger partial charge >= 0.3 is 6.03 Å². The molecule has 4 nitrogen and oxygen atoms in total. The Morgan fingerprint density at radius 1 is 1.35 bits per heavy atom. The molecule has 0 aliphatic rings. The van der Waals surface area contributed by atoms with Crippen LogP contribution in [0.4, 0.5) is 4.79 Å². The largest absolute Gasteiger partial charge is 0.394 e. The zero-order valence-corrected chi connectivity index (χ0v) is 10.5. The van der Waals surface area contributed by atoms with E-state index in [1.54, 1.807) is 6.92 Å². The van der Waals surface area contributed by atoms with Gasteiger partial charge in [0.2, 0.25) is 0 Å². The molecule has 1 rings (SSSR count). The second-order valence-electron chi connectivity index (χ2n) is 4.61. The highest BCUT2D eigenvalue weighted by atomic mass is 16.3. The lowest BCUT2D eigenvalue weighted by molar-refractivity contribution is 0.170. The summed E-state index contributed by atoms with van der Waals surface area (Å²) in [5, 5.41) is 15.0. The lowest BCUT2D eigenvalue weighted by Gasteiger charge is -2.29. The minimum absolute atomic E-state index is 0.0636. The number of carbonyl (C=O) groups is 1. The van der Waals surface area contributed by atoms with Crippen molar-refractivity contribution in [1.29, 1.82) is 0 Å². The van der Waals surface area contributed by atoms with Crippen molar-refractivity contribution < 1.29 is 9.90 Å². The molecule has 0 saturated heterocycles. The maximum Gasteiger partial charge on any atom is 0.315 e. The molecule has 1 aromatic rings. The van der Waals surface area contributed by atoms with E-state index in [0.717, 1.165) is 5.56 Å². The summed E-state index contributed by atoms with van der Waals surface area (Å²) in [6, 6.07) is 9.21. The van der Waals surface area contributed by atoms with Gasteiger partial charge in [0.15, 0.2) is 0 Å². The Morgan fingerprint density at radius 3 is 2.41 bits per heavy atom. The van der Waals surface area contributed by atoms with Gasteiger partial charge in [-0.2, -0.15) is 0 Å². The molecule has 0 spiro atoms. The number of hydrogen-bond acceptors (Lipinski definition) is 2. The summed E-state index contributed by atoms with van der Waals surface area (Å²) in [5.74, 6) is 0. The van der Waals surface area contributed by atoms with Gasteiger partial charge in [-0.1, -0.05) is 30.3 Å². The summed E-state index contributed by atoms with van der Waals surface area (Å²) in [5.41, 5.74) is 0.113. The summed E-state index contributed by atoms with van der Waals surface area (Å²) in [4.78, 5) is 11.7. The quantitative estimate of drug-likeness (QED) is 0.743. The van der Waals surface area contributed by atoms with E-state index in [9.17, 15) is 9.90 Å². The van der Waals surface area contributed by atoms with Crippen LogP contribution < -0.4 is 10.6 Å². The standard InChI is InChI=1S/C13H20N2O2/c1-10(2)14-12(17)15-13(3,9-16)11-7-5-4-6-8-11/h4-8,10,16H,9H2,1-3H3,(H2,14,15,17). The van der Waals surface area contributed by atoms with Gasteiger partial charge in [0.1, 0.15) is 0 Å². The normalized spacial score (nSPS) is 14.2. The molecular weight excluding hydrogens is 216 g/mol. The first-order valence-electron chi connectivity index (χ1n) is 5.73. The Morgan fingerprint density at radius 2 is 1.94 bits per heavy atom. The molecule has 2 amide bonds. The van der Waals surface area contributed by atoms with Gasteiger partial charge in [-0.15, -0.1) is 0 Å². The fourth-order valence-corrected chi connectivity index (χ4v) is 1.56. The van der Waals surface area contributed by atoms with Crippen LogP contribution in [0.1, 0.15) is 26.3 Å². The molecule has 0 radical (unpaired) electrons. The molecule has 0 aliphatic carbocycles. The van der Waals surface area contributed by atoms with Gasteiger partial charge in [0, 0.05) is 6.04 Å². The van der Waals surface area contributed by atoms with Gasteiger partial charge < -0.3 is 15.7 Å². The summed E-state index contributed by atoms with van der Waals surface area (Å²) in [6.07, 6.45) is 0. The molecule has 1 unspecified atom stereocenters. The van der Waals surface area contributed by atoms with E-state index in [4.69, 9.17) is 0 Å². The van der Waals surface area contributed by atoms with Crippen LogP contribution in [0.5, 0.6) is 0 Å². The van der Waals surface area contributed by atoms with Crippen LogP contribution in [-0.2, 0) is 5.54 Å². The SMILES string of the molecule is CC(C)NC(=O)NC(C)(CO)c1ccccc1. The zero-order chi connectivity index (χ0) is 12.9. The molecular formula is C13H20N2O2. The van der Waals surface area contributed by atoms with Crippen molar-refractivity contribution in [1.82, 2.24) is 10.6 Å². The van der Waals surface area contributed by atoms with E-state index >= 15 is 0 Å². The number of hydrogen-bond donors (Lipinski definition) is 3. The van der Waals surface area contributed by atoms with Gasteiger partial charge in [-0.25, -0.2) is 4.79 Å². The van der Waals surface area contributed by atoms with E-state index in [0.29, 0.717) is 0 Å². The molecule has 4 heteroatoms. The van der Waals surface area contributed by atoms with Crippen molar-refractivity contribution in [2.45, 2.75) is 32.4 Å². The lowest BCUT2D eigenvalue weighted by Crippen LogP contribution is -2.51. The lowest BCUT2D eigenvalue weighted by atomic mass is 9.93. The predicted octanol–water partition coefficient (Wildman–Crippen LogP) is 1.60. The Balaban J connectivity index is 2.79. The summed E-state index contributed by atoms with van der Waals surface area (Å²) >= 11 is 0. The number of nitrogens with one attached hydrogen (secondary N) is 2. The van der Waals surface area contributed by atoms with Gasteiger partial charge in [0.25, 0.3) is 0 Å². The highest BCUT2D eigenvalue weighted by molar-refractivity contribution is 5.75. The first kappa shape index (κ1) is 13.5. The maximum atomic E-state index is 11.7. The third kappa shape index (κ3) is 3.75. The second kappa shape index (κ2) is 5.68. The average molecular weight is 236 g/mol. The van der Waals surface area contributed by atoms with Gasteiger partial charge in [-0.05, 0) is 26.3 Å². The molecule has 0 aliphatic heterocycles. The number of carbonyl (C=O) groups excluding carboxylic acids is 1. The topological polar surface area (TPSA) is 61.4 Å². The van der Waals surface area contributed by atoms with Gasteiger partial charge in [-0.3, -0.25) is 0 Å². The van der Waals surface area contributed by atoms with Crippen molar-refractivity contribution in [2.24, 2.45) is 0 Å². The number of aliphatic hydroxyl groups is 1. The molecule has 0 bridgehead atoms. The van der Waals surface area contributed by atoms with Crippen LogP contribution in [0.25, 0.3) is 0 Å². The smallest absolute Gasteiger partial charge is 0.315 e. The van der Waals surface area contributed by atoms with Crippen molar-refractivity contribution >= 4 is 6.03 Å².